The molecule has 0 radical (unpaired) electrons. The minimum absolute atomic E-state index is 0.195. The van der Waals surface area contributed by atoms with Gasteiger partial charge >= 0.3 is 0 Å². The van der Waals surface area contributed by atoms with Crippen molar-refractivity contribution in [3.8, 4) is 0 Å². The molecule has 2 bridgehead atoms. The first-order chi connectivity index (χ1) is 6.25. The summed E-state index contributed by atoms with van der Waals surface area (Å²) >= 11 is 0. The van der Waals surface area contributed by atoms with Gasteiger partial charge in [-0.05, 0) is 35.6 Å². The molecule has 13 heavy (non-hydrogen) atoms. The molecule has 2 atom stereocenters. The summed E-state index contributed by atoms with van der Waals surface area (Å²) in [6.07, 6.45) is 1.76. The van der Waals surface area contributed by atoms with Gasteiger partial charge < -0.3 is 5.73 Å². The summed E-state index contributed by atoms with van der Waals surface area (Å²) in [6.45, 7) is 0. The van der Waals surface area contributed by atoms with E-state index in [1.807, 2.05) is 18.2 Å². The molecule has 2 nitrogen and oxygen atoms in total. The molecule has 0 amide bonds. The lowest BCUT2D eigenvalue weighted by Crippen LogP contribution is -2.09. The van der Waals surface area contributed by atoms with Crippen molar-refractivity contribution in [2.45, 2.75) is 24.7 Å². The molecule has 2 aliphatic carbocycles. The largest absolute Gasteiger partial charge is 0.399 e. The zero-order chi connectivity index (χ0) is 9.00. The summed E-state index contributed by atoms with van der Waals surface area (Å²) in [5.41, 5.74) is 9.09. The van der Waals surface area contributed by atoms with Crippen molar-refractivity contribution in [1.29, 1.82) is 0 Å². The zero-order valence-corrected chi connectivity index (χ0v) is 7.29. The molecule has 1 saturated carbocycles. The molecule has 0 aliphatic heterocycles. The number of fused-ring (bicyclic) bond motifs is 5. The van der Waals surface area contributed by atoms with Crippen molar-refractivity contribution in [2.75, 3.05) is 5.73 Å². The molecule has 0 heterocycles. The minimum Gasteiger partial charge on any atom is -0.399 e. The Kier molecular flexibility index (Phi) is 1.17. The van der Waals surface area contributed by atoms with E-state index in [4.69, 9.17) is 5.73 Å². The number of benzene rings is 1. The topological polar surface area (TPSA) is 43.1 Å². The highest BCUT2D eigenvalue weighted by molar-refractivity contribution is 5.92. The number of nitrogen functional groups attached to an aromatic ring is 1. The molecule has 1 aromatic carbocycles. The SMILES string of the molecule is Nc1ccc2c(c1)C1CC(=O)C2C1. The third kappa shape index (κ3) is 0.804. The molecular weight excluding hydrogens is 162 g/mol. The molecular formula is C11H11NO. The van der Waals surface area contributed by atoms with Crippen molar-refractivity contribution in [3.05, 3.63) is 29.3 Å². The molecule has 0 saturated heterocycles. The number of ketones is 1. The van der Waals surface area contributed by atoms with Crippen molar-refractivity contribution in [1.82, 2.24) is 0 Å². The maximum atomic E-state index is 11.5. The van der Waals surface area contributed by atoms with E-state index in [0.29, 0.717) is 11.7 Å². The molecule has 2 unspecified atom stereocenters. The third-order valence-corrected chi connectivity index (χ3v) is 3.28. The van der Waals surface area contributed by atoms with Crippen LogP contribution in [0.2, 0.25) is 0 Å². The van der Waals surface area contributed by atoms with Crippen LogP contribution in [0.5, 0.6) is 0 Å². The Labute approximate surface area is 76.7 Å². The van der Waals surface area contributed by atoms with Crippen LogP contribution in [0.25, 0.3) is 0 Å². The molecule has 2 aliphatic rings. The van der Waals surface area contributed by atoms with Gasteiger partial charge in [-0.25, -0.2) is 0 Å². The van der Waals surface area contributed by atoms with Crippen LogP contribution in [-0.4, -0.2) is 5.78 Å². The Bertz CT molecular complexity index is 397. The summed E-state index contributed by atoms with van der Waals surface area (Å²) in [7, 11) is 0. The average molecular weight is 173 g/mol. The Hall–Kier alpha value is -1.31. The fourth-order valence-corrected chi connectivity index (χ4v) is 2.69. The van der Waals surface area contributed by atoms with Gasteiger partial charge in [0, 0.05) is 18.0 Å². The lowest BCUT2D eigenvalue weighted by molar-refractivity contribution is -0.118. The van der Waals surface area contributed by atoms with E-state index in [-0.39, 0.29) is 5.92 Å². The highest BCUT2D eigenvalue weighted by Crippen LogP contribution is 2.51. The van der Waals surface area contributed by atoms with Gasteiger partial charge in [0.2, 0.25) is 0 Å². The lowest BCUT2D eigenvalue weighted by atomic mass is 9.91. The molecule has 2 N–H and O–H groups in total. The fraction of sp³-hybridized carbons (Fsp3) is 0.364. The summed E-state index contributed by atoms with van der Waals surface area (Å²) in [5.74, 6) is 1.08. The smallest absolute Gasteiger partial charge is 0.140 e. The van der Waals surface area contributed by atoms with Crippen LogP contribution in [0.4, 0.5) is 5.69 Å². The predicted octanol–water partition coefficient (Wildman–Crippen LogP) is 1.81. The van der Waals surface area contributed by atoms with Gasteiger partial charge in [0.25, 0.3) is 0 Å². The van der Waals surface area contributed by atoms with Gasteiger partial charge in [0.15, 0.2) is 0 Å². The molecule has 0 spiro atoms. The van der Waals surface area contributed by atoms with Gasteiger partial charge in [-0.1, -0.05) is 6.07 Å². The Morgan fingerprint density at radius 2 is 2.15 bits per heavy atom. The Balaban J connectivity index is 2.21. The van der Waals surface area contributed by atoms with Gasteiger partial charge in [-0.2, -0.15) is 0 Å². The minimum atomic E-state index is 0.195. The summed E-state index contributed by atoms with van der Waals surface area (Å²) < 4.78 is 0. The first-order valence-corrected chi connectivity index (χ1v) is 4.68. The van der Waals surface area contributed by atoms with E-state index >= 15 is 0 Å². The van der Waals surface area contributed by atoms with Crippen molar-refractivity contribution in [2.24, 2.45) is 0 Å². The van der Waals surface area contributed by atoms with E-state index in [2.05, 4.69) is 0 Å². The van der Waals surface area contributed by atoms with E-state index in [1.54, 1.807) is 0 Å². The van der Waals surface area contributed by atoms with Crippen LogP contribution >= 0.6 is 0 Å². The Morgan fingerprint density at radius 1 is 1.31 bits per heavy atom. The second kappa shape index (κ2) is 2.13. The fourth-order valence-electron chi connectivity index (χ4n) is 2.69. The van der Waals surface area contributed by atoms with Crippen molar-refractivity contribution < 1.29 is 4.79 Å². The number of nitrogens with two attached hydrogens (primary N) is 1. The molecule has 0 aromatic heterocycles. The quantitative estimate of drug-likeness (QED) is 0.608. The second-order valence-electron chi connectivity index (χ2n) is 4.04. The van der Waals surface area contributed by atoms with E-state index in [1.165, 1.54) is 11.1 Å². The van der Waals surface area contributed by atoms with Crippen LogP contribution in [-0.2, 0) is 4.79 Å². The van der Waals surface area contributed by atoms with Crippen LogP contribution in [0.3, 0.4) is 0 Å². The van der Waals surface area contributed by atoms with E-state index in [0.717, 1.165) is 18.5 Å². The summed E-state index contributed by atoms with van der Waals surface area (Å²) in [4.78, 5) is 11.5. The maximum Gasteiger partial charge on any atom is 0.140 e. The van der Waals surface area contributed by atoms with Crippen LogP contribution < -0.4 is 5.73 Å². The number of carbonyl (C=O) groups is 1. The normalized spacial score (nSPS) is 29.4. The summed E-state index contributed by atoms with van der Waals surface area (Å²) in [5, 5.41) is 0. The first kappa shape index (κ1) is 7.13. The zero-order valence-electron chi connectivity index (χ0n) is 7.29. The molecule has 66 valence electrons. The number of Topliss-reactive ketones (excluding diaryl/α,β-unsaturated/α-hetero) is 1. The number of hydrogen-bond donors (Lipinski definition) is 1. The van der Waals surface area contributed by atoms with Crippen molar-refractivity contribution >= 4 is 11.5 Å². The highest BCUT2D eigenvalue weighted by Gasteiger charge is 2.42. The maximum absolute atomic E-state index is 11.5. The molecule has 1 fully saturated rings. The number of rotatable bonds is 0. The molecule has 3 rings (SSSR count). The standard InChI is InChI=1S/C11H11NO/c12-7-1-2-8-9(5-7)6-3-10(8)11(13)4-6/h1-2,5-6,10H,3-4,12H2. The van der Waals surface area contributed by atoms with Gasteiger partial charge in [-0.3, -0.25) is 4.79 Å². The van der Waals surface area contributed by atoms with Crippen LogP contribution in [0, 0.1) is 0 Å². The molecule has 2 heteroatoms. The number of anilines is 1. The highest BCUT2D eigenvalue weighted by atomic mass is 16.1. The Morgan fingerprint density at radius 3 is 3.00 bits per heavy atom. The third-order valence-electron chi connectivity index (χ3n) is 3.28. The van der Waals surface area contributed by atoms with Crippen LogP contribution in [0.15, 0.2) is 18.2 Å². The van der Waals surface area contributed by atoms with Crippen LogP contribution in [0.1, 0.15) is 35.8 Å². The van der Waals surface area contributed by atoms with Crippen molar-refractivity contribution in [3.63, 3.8) is 0 Å². The average Bonchev–Trinajstić information content (AvgIpc) is 2.61. The predicted molar refractivity (Wildman–Crippen MR) is 50.6 cm³/mol. The number of hydrogen-bond acceptors (Lipinski definition) is 2. The summed E-state index contributed by atoms with van der Waals surface area (Å²) in [6, 6.07) is 5.95. The first-order valence-electron chi connectivity index (χ1n) is 4.68. The monoisotopic (exact) mass is 173 g/mol. The lowest BCUT2D eigenvalue weighted by Gasteiger charge is -2.14. The van der Waals surface area contributed by atoms with E-state index < -0.39 is 0 Å². The van der Waals surface area contributed by atoms with E-state index in [9.17, 15) is 4.79 Å². The molecule has 1 aromatic rings. The second-order valence-corrected chi connectivity index (χ2v) is 4.04. The number of carbonyl (C=O) groups excluding carboxylic acids is 1. The van der Waals surface area contributed by atoms with Gasteiger partial charge in [0.1, 0.15) is 5.78 Å². The van der Waals surface area contributed by atoms with Gasteiger partial charge in [0.05, 0.1) is 0 Å². The van der Waals surface area contributed by atoms with Gasteiger partial charge in [-0.15, -0.1) is 0 Å².